The number of ketones is 1. The van der Waals surface area contributed by atoms with E-state index in [1.165, 1.54) is 12.3 Å². The minimum Gasteiger partial charge on any atom is -0.346 e. The lowest BCUT2D eigenvalue weighted by atomic mass is 10.1. The van der Waals surface area contributed by atoms with Gasteiger partial charge in [0.1, 0.15) is 0 Å². The van der Waals surface area contributed by atoms with Crippen LogP contribution in [0.15, 0.2) is 29.4 Å². The van der Waals surface area contributed by atoms with Crippen LogP contribution in [0, 0.1) is 0 Å². The van der Waals surface area contributed by atoms with Crippen molar-refractivity contribution in [1.82, 2.24) is 14.6 Å². The predicted molar refractivity (Wildman–Crippen MR) is 88.7 cm³/mol. The van der Waals surface area contributed by atoms with Crippen LogP contribution in [-0.2, 0) is 19.6 Å². The van der Waals surface area contributed by atoms with Crippen molar-refractivity contribution in [2.24, 2.45) is 0 Å². The van der Waals surface area contributed by atoms with Gasteiger partial charge in [-0.15, -0.1) is 0 Å². The Labute approximate surface area is 142 Å². The molecule has 1 saturated heterocycles. The molecule has 0 radical (unpaired) electrons. The van der Waals surface area contributed by atoms with Crippen molar-refractivity contribution in [3.8, 4) is 0 Å². The van der Waals surface area contributed by atoms with Gasteiger partial charge in [0, 0.05) is 19.2 Å². The number of nitrogens with zero attached hydrogens (tertiary/aromatic N) is 2. The fourth-order valence-corrected chi connectivity index (χ4v) is 3.97. The minimum atomic E-state index is -3.80. The SMILES string of the molecule is CCCCC(=O)NC1CCCN(S(=O)(=O)c2ccccn2)CC1=O. The lowest BCUT2D eigenvalue weighted by molar-refractivity contribution is -0.127. The van der Waals surface area contributed by atoms with E-state index in [1.54, 1.807) is 12.1 Å². The molecule has 24 heavy (non-hydrogen) atoms. The largest absolute Gasteiger partial charge is 0.346 e. The number of hydrogen-bond donors (Lipinski definition) is 1. The Morgan fingerprint density at radius 2 is 2.21 bits per heavy atom. The molecule has 0 spiro atoms. The van der Waals surface area contributed by atoms with Gasteiger partial charge in [0.15, 0.2) is 10.8 Å². The minimum absolute atomic E-state index is 0.0665. The number of Topliss-reactive ketones (excluding diaryl/α,β-unsaturated/α-hetero) is 1. The van der Waals surface area contributed by atoms with Crippen LogP contribution in [0.2, 0.25) is 0 Å². The monoisotopic (exact) mass is 353 g/mol. The van der Waals surface area contributed by atoms with E-state index < -0.39 is 16.1 Å². The maximum Gasteiger partial charge on any atom is 0.260 e. The van der Waals surface area contributed by atoms with Crippen LogP contribution in [0.4, 0.5) is 0 Å². The van der Waals surface area contributed by atoms with Gasteiger partial charge >= 0.3 is 0 Å². The molecule has 132 valence electrons. The Morgan fingerprint density at radius 1 is 1.42 bits per heavy atom. The van der Waals surface area contributed by atoms with Gasteiger partial charge < -0.3 is 5.32 Å². The average Bonchev–Trinajstić information content (AvgIpc) is 2.76. The first-order valence-corrected chi connectivity index (χ1v) is 9.62. The summed E-state index contributed by atoms with van der Waals surface area (Å²) >= 11 is 0. The summed E-state index contributed by atoms with van der Waals surface area (Å²) in [7, 11) is -3.80. The molecular formula is C16H23N3O4S. The van der Waals surface area contributed by atoms with Crippen molar-refractivity contribution in [3.05, 3.63) is 24.4 Å². The standard InChI is InChI=1S/C16H23N3O4S/c1-2-3-8-15(21)18-13-7-6-11-19(12-14(13)20)24(22,23)16-9-4-5-10-17-16/h4-5,9-10,13H,2-3,6-8,11-12H2,1H3,(H,18,21). The van der Waals surface area contributed by atoms with E-state index in [0.29, 0.717) is 19.3 Å². The third-order valence-electron chi connectivity index (χ3n) is 3.96. The van der Waals surface area contributed by atoms with E-state index in [0.717, 1.165) is 17.1 Å². The van der Waals surface area contributed by atoms with E-state index in [4.69, 9.17) is 0 Å². The predicted octanol–water partition coefficient (Wildman–Crippen LogP) is 1.11. The van der Waals surface area contributed by atoms with Gasteiger partial charge in [-0.3, -0.25) is 9.59 Å². The molecule has 2 rings (SSSR count). The highest BCUT2D eigenvalue weighted by Crippen LogP contribution is 2.17. The summed E-state index contributed by atoms with van der Waals surface area (Å²) in [5.41, 5.74) is 0. The highest BCUT2D eigenvalue weighted by Gasteiger charge is 2.33. The van der Waals surface area contributed by atoms with Crippen LogP contribution in [0.1, 0.15) is 39.0 Å². The van der Waals surface area contributed by atoms with E-state index >= 15 is 0 Å². The smallest absolute Gasteiger partial charge is 0.260 e. The summed E-state index contributed by atoms with van der Waals surface area (Å²) in [6, 6.07) is 4.03. The summed E-state index contributed by atoms with van der Waals surface area (Å²) in [5.74, 6) is -0.437. The fraction of sp³-hybridized carbons (Fsp3) is 0.562. The van der Waals surface area contributed by atoms with Gasteiger partial charge in [-0.1, -0.05) is 19.4 Å². The molecule has 1 fully saturated rings. The van der Waals surface area contributed by atoms with Gasteiger partial charge in [-0.25, -0.2) is 13.4 Å². The second kappa shape index (κ2) is 8.34. The number of nitrogens with one attached hydrogen (secondary N) is 1. The molecule has 8 heteroatoms. The molecule has 7 nitrogen and oxygen atoms in total. The van der Waals surface area contributed by atoms with Crippen LogP contribution in [-0.4, -0.2) is 48.5 Å². The molecule has 1 aliphatic heterocycles. The van der Waals surface area contributed by atoms with Gasteiger partial charge in [0.2, 0.25) is 5.91 Å². The molecule has 1 aliphatic rings. The zero-order valence-electron chi connectivity index (χ0n) is 13.8. The Bertz CT molecular complexity index is 676. The van der Waals surface area contributed by atoms with Crippen molar-refractivity contribution in [2.75, 3.05) is 13.1 Å². The number of pyridine rings is 1. The lowest BCUT2D eigenvalue weighted by Crippen LogP contribution is -2.44. The molecule has 1 unspecified atom stereocenters. The van der Waals surface area contributed by atoms with Gasteiger partial charge in [0.25, 0.3) is 10.0 Å². The number of sulfonamides is 1. The first-order valence-electron chi connectivity index (χ1n) is 8.18. The number of rotatable bonds is 6. The molecule has 2 heterocycles. The average molecular weight is 353 g/mol. The molecule has 1 atom stereocenters. The second-order valence-corrected chi connectivity index (χ2v) is 7.72. The lowest BCUT2D eigenvalue weighted by Gasteiger charge is -2.19. The summed E-state index contributed by atoms with van der Waals surface area (Å²) in [6.45, 7) is 1.99. The second-order valence-electron chi connectivity index (χ2n) is 5.84. The molecule has 1 amide bonds. The maximum absolute atomic E-state index is 12.6. The summed E-state index contributed by atoms with van der Waals surface area (Å²) in [4.78, 5) is 28.1. The zero-order valence-corrected chi connectivity index (χ0v) is 14.6. The molecule has 0 aromatic carbocycles. The number of unbranched alkanes of at least 4 members (excludes halogenated alkanes) is 1. The Kier molecular flexibility index (Phi) is 6.44. The number of amides is 1. The van der Waals surface area contributed by atoms with E-state index in [2.05, 4.69) is 10.3 Å². The maximum atomic E-state index is 12.6. The summed E-state index contributed by atoms with van der Waals surface area (Å²) in [6.07, 6.45) is 4.43. The summed E-state index contributed by atoms with van der Waals surface area (Å²) < 4.78 is 26.3. The third kappa shape index (κ3) is 4.61. The highest BCUT2D eigenvalue weighted by atomic mass is 32.2. The molecule has 0 aliphatic carbocycles. The molecule has 1 N–H and O–H groups in total. The van der Waals surface area contributed by atoms with E-state index in [-0.39, 0.29) is 29.8 Å². The Hall–Kier alpha value is -1.80. The number of aromatic nitrogens is 1. The molecule has 1 aromatic heterocycles. The van der Waals surface area contributed by atoms with E-state index in [9.17, 15) is 18.0 Å². The van der Waals surface area contributed by atoms with Gasteiger partial charge in [-0.05, 0) is 31.4 Å². The number of carbonyl (C=O) groups is 2. The summed E-state index contributed by atoms with van der Waals surface area (Å²) in [5, 5.41) is 2.66. The van der Waals surface area contributed by atoms with Crippen molar-refractivity contribution in [1.29, 1.82) is 0 Å². The Balaban J connectivity index is 2.05. The van der Waals surface area contributed by atoms with Crippen LogP contribution in [0.3, 0.4) is 0 Å². The van der Waals surface area contributed by atoms with Crippen LogP contribution >= 0.6 is 0 Å². The molecule has 0 saturated carbocycles. The molecule has 0 bridgehead atoms. The fourth-order valence-electron chi connectivity index (χ4n) is 2.59. The van der Waals surface area contributed by atoms with Gasteiger partial charge in [0.05, 0.1) is 12.6 Å². The van der Waals surface area contributed by atoms with Crippen molar-refractivity contribution in [3.63, 3.8) is 0 Å². The van der Waals surface area contributed by atoms with Crippen molar-refractivity contribution >= 4 is 21.7 Å². The van der Waals surface area contributed by atoms with Crippen LogP contribution < -0.4 is 5.32 Å². The first-order chi connectivity index (χ1) is 11.4. The number of carbonyl (C=O) groups excluding carboxylic acids is 2. The van der Waals surface area contributed by atoms with E-state index in [1.807, 2.05) is 6.92 Å². The zero-order chi connectivity index (χ0) is 17.6. The quantitative estimate of drug-likeness (QED) is 0.826. The first kappa shape index (κ1) is 18.5. The normalized spacial score (nSPS) is 19.7. The van der Waals surface area contributed by atoms with Crippen LogP contribution in [0.25, 0.3) is 0 Å². The molecular weight excluding hydrogens is 330 g/mol. The Morgan fingerprint density at radius 3 is 2.88 bits per heavy atom. The highest BCUT2D eigenvalue weighted by molar-refractivity contribution is 7.89. The third-order valence-corrected chi connectivity index (χ3v) is 5.72. The van der Waals surface area contributed by atoms with Crippen molar-refractivity contribution < 1.29 is 18.0 Å². The van der Waals surface area contributed by atoms with Crippen molar-refractivity contribution in [2.45, 2.75) is 50.1 Å². The van der Waals surface area contributed by atoms with Gasteiger partial charge in [-0.2, -0.15) is 4.31 Å². The molecule has 1 aromatic rings. The topological polar surface area (TPSA) is 96.4 Å². The van der Waals surface area contributed by atoms with Crippen LogP contribution in [0.5, 0.6) is 0 Å². The number of hydrogen-bond acceptors (Lipinski definition) is 5.